The van der Waals surface area contributed by atoms with E-state index in [1.165, 1.54) is 7.11 Å². The van der Waals surface area contributed by atoms with Gasteiger partial charge in [0.15, 0.2) is 0 Å². The Morgan fingerprint density at radius 2 is 2.10 bits per heavy atom. The van der Waals surface area contributed by atoms with E-state index in [1.807, 2.05) is 0 Å². The molecule has 1 rings (SSSR count). The molecule has 1 aliphatic rings. The highest BCUT2D eigenvalue weighted by Gasteiger charge is 2.45. The highest BCUT2D eigenvalue weighted by molar-refractivity contribution is 6.07. The van der Waals surface area contributed by atoms with Gasteiger partial charge in [-0.1, -0.05) is 12.2 Å². The summed E-state index contributed by atoms with van der Waals surface area (Å²) in [5, 5.41) is 9.16. The number of rotatable bonds is 6. The van der Waals surface area contributed by atoms with E-state index in [9.17, 15) is 19.2 Å². The number of carboxylic acids is 1. The van der Waals surface area contributed by atoms with Gasteiger partial charge in [0.2, 0.25) is 11.8 Å². The highest BCUT2D eigenvalue weighted by atomic mass is 16.5. The third-order valence-electron chi connectivity index (χ3n) is 3.22. The summed E-state index contributed by atoms with van der Waals surface area (Å²) in [5.74, 6) is -3.72. The van der Waals surface area contributed by atoms with Crippen molar-refractivity contribution < 1.29 is 29.0 Å². The molecule has 2 atom stereocenters. The molecular weight excluding hydrogens is 266 g/mol. The average Bonchev–Trinajstić information content (AvgIpc) is 2.66. The molecule has 2 unspecified atom stereocenters. The summed E-state index contributed by atoms with van der Waals surface area (Å²) in [6, 6.07) is -1.35. The maximum atomic E-state index is 12.1. The number of esters is 1. The first-order chi connectivity index (χ1) is 9.29. The molecule has 0 aromatic carbocycles. The molecule has 1 heterocycles. The quantitative estimate of drug-likeness (QED) is 0.428. The van der Waals surface area contributed by atoms with E-state index in [0.717, 1.165) is 4.90 Å². The van der Waals surface area contributed by atoms with Crippen molar-refractivity contribution in [1.82, 2.24) is 4.90 Å². The number of carbonyl (C=O) groups excluding carboxylic acids is 3. The number of hydrogen-bond acceptors (Lipinski definition) is 5. The molecule has 0 spiro atoms. The second-order valence-electron chi connectivity index (χ2n) is 4.67. The highest BCUT2D eigenvalue weighted by Crippen LogP contribution is 2.28. The van der Waals surface area contributed by atoms with Gasteiger partial charge in [0.25, 0.3) is 0 Å². The summed E-state index contributed by atoms with van der Waals surface area (Å²) in [6.07, 6.45) is -0.416. The lowest BCUT2D eigenvalue weighted by Crippen LogP contribution is -2.45. The SMILES string of the molecule is C=C(C)C1CC(=O)N(C(CCC(=O)OC)C(=O)O)C1=O. The number of carbonyl (C=O) groups is 4. The monoisotopic (exact) mass is 283 g/mol. The van der Waals surface area contributed by atoms with Crippen molar-refractivity contribution >= 4 is 23.8 Å². The molecule has 110 valence electrons. The molecule has 1 fully saturated rings. The summed E-state index contributed by atoms with van der Waals surface area (Å²) in [6.45, 7) is 5.24. The molecule has 2 amide bonds. The number of nitrogens with zero attached hydrogens (tertiary/aromatic N) is 1. The molecule has 20 heavy (non-hydrogen) atoms. The fourth-order valence-corrected chi connectivity index (χ4v) is 2.08. The van der Waals surface area contributed by atoms with Crippen LogP contribution in [0.4, 0.5) is 0 Å². The van der Waals surface area contributed by atoms with Crippen LogP contribution in [0.15, 0.2) is 12.2 Å². The van der Waals surface area contributed by atoms with Crippen LogP contribution in [-0.2, 0) is 23.9 Å². The zero-order valence-electron chi connectivity index (χ0n) is 11.4. The molecule has 1 saturated heterocycles. The van der Waals surface area contributed by atoms with E-state index in [0.29, 0.717) is 5.57 Å². The standard InChI is InChI=1S/C13H17NO6/c1-7(2)8-6-10(15)14(12(8)17)9(13(18)19)4-5-11(16)20-3/h8-9H,1,4-6H2,2-3H3,(H,18,19). The van der Waals surface area contributed by atoms with Gasteiger partial charge in [-0.05, 0) is 13.3 Å². The first-order valence-corrected chi connectivity index (χ1v) is 6.10. The largest absolute Gasteiger partial charge is 0.480 e. The first-order valence-electron chi connectivity index (χ1n) is 6.10. The van der Waals surface area contributed by atoms with E-state index < -0.39 is 35.7 Å². The van der Waals surface area contributed by atoms with E-state index >= 15 is 0 Å². The number of carboxylic acid groups (broad SMARTS) is 1. The number of aliphatic carboxylic acids is 1. The van der Waals surface area contributed by atoms with Gasteiger partial charge in [-0.15, -0.1) is 0 Å². The molecule has 0 radical (unpaired) electrons. The van der Waals surface area contributed by atoms with Crippen molar-refractivity contribution in [2.24, 2.45) is 5.92 Å². The van der Waals surface area contributed by atoms with Gasteiger partial charge in [0.05, 0.1) is 13.0 Å². The van der Waals surface area contributed by atoms with Gasteiger partial charge in [0, 0.05) is 12.8 Å². The summed E-state index contributed by atoms with van der Waals surface area (Å²) < 4.78 is 4.42. The van der Waals surface area contributed by atoms with Crippen molar-refractivity contribution in [3.63, 3.8) is 0 Å². The molecule has 7 nitrogen and oxygen atoms in total. The number of methoxy groups -OCH3 is 1. The molecular formula is C13H17NO6. The Hall–Kier alpha value is -2.18. The third kappa shape index (κ3) is 3.23. The van der Waals surface area contributed by atoms with Crippen LogP contribution in [0.2, 0.25) is 0 Å². The van der Waals surface area contributed by atoms with Gasteiger partial charge in [-0.2, -0.15) is 0 Å². The Labute approximate surface area is 116 Å². The molecule has 0 bridgehead atoms. The Morgan fingerprint density at radius 3 is 2.50 bits per heavy atom. The number of ether oxygens (including phenoxy) is 1. The summed E-state index contributed by atoms with van der Waals surface area (Å²) in [4.78, 5) is 47.0. The Balaban J connectivity index is 2.89. The third-order valence-corrected chi connectivity index (χ3v) is 3.22. The zero-order valence-corrected chi connectivity index (χ0v) is 11.4. The fourth-order valence-electron chi connectivity index (χ4n) is 2.08. The number of imide groups is 1. The Kier molecular flexibility index (Phi) is 5.01. The first kappa shape index (κ1) is 15.9. The minimum atomic E-state index is -1.35. The summed E-state index contributed by atoms with van der Waals surface area (Å²) >= 11 is 0. The van der Waals surface area contributed by atoms with Crippen LogP contribution < -0.4 is 0 Å². The van der Waals surface area contributed by atoms with Crippen LogP contribution in [0.25, 0.3) is 0 Å². The number of hydrogen-bond donors (Lipinski definition) is 1. The lowest BCUT2D eigenvalue weighted by atomic mass is 10.0. The smallest absolute Gasteiger partial charge is 0.326 e. The van der Waals surface area contributed by atoms with Crippen LogP contribution in [0, 0.1) is 5.92 Å². The Bertz CT molecular complexity index is 469. The predicted molar refractivity (Wildman–Crippen MR) is 67.4 cm³/mol. The fraction of sp³-hybridized carbons (Fsp3) is 0.538. The van der Waals surface area contributed by atoms with Crippen LogP contribution in [0.1, 0.15) is 26.2 Å². The second-order valence-corrected chi connectivity index (χ2v) is 4.67. The van der Waals surface area contributed by atoms with Crippen molar-refractivity contribution in [3.8, 4) is 0 Å². The van der Waals surface area contributed by atoms with E-state index in [-0.39, 0.29) is 19.3 Å². The van der Waals surface area contributed by atoms with Crippen molar-refractivity contribution in [1.29, 1.82) is 0 Å². The van der Waals surface area contributed by atoms with Gasteiger partial charge in [-0.25, -0.2) is 4.79 Å². The van der Waals surface area contributed by atoms with E-state index in [2.05, 4.69) is 11.3 Å². The van der Waals surface area contributed by atoms with Gasteiger partial charge in [-0.3, -0.25) is 19.3 Å². The lowest BCUT2D eigenvalue weighted by Gasteiger charge is -2.22. The molecule has 1 aliphatic heterocycles. The molecule has 0 aromatic heterocycles. The second kappa shape index (κ2) is 6.31. The summed E-state index contributed by atoms with van der Waals surface area (Å²) in [7, 11) is 1.18. The Morgan fingerprint density at radius 1 is 1.50 bits per heavy atom. The van der Waals surface area contributed by atoms with Crippen molar-refractivity contribution in [3.05, 3.63) is 12.2 Å². The number of likely N-dealkylation sites (tertiary alicyclic amines) is 1. The van der Waals surface area contributed by atoms with Crippen LogP contribution >= 0.6 is 0 Å². The zero-order chi connectivity index (χ0) is 15.4. The van der Waals surface area contributed by atoms with Gasteiger partial charge < -0.3 is 9.84 Å². The molecule has 0 aliphatic carbocycles. The average molecular weight is 283 g/mol. The predicted octanol–water partition coefficient (Wildman–Crippen LogP) is 0.344. The molecule has 0 saturated carbocycles. The normalized spacial score (nSPS) is 19.9. The van der Waals surface area contributed by atoms with E-state index in [1.54, 1.807) is 6.92 Å². The topological polar surface area (TPSA) is 101 Å². The molecule has 7 heteroatoms. The number of amides is 2. The van der Waals surface area contributed by atoms with Gasteiger partial charge in [0.1, 0.15) is 6.04 Å². The minimum absolute atomic E-state index is 0.0732. The van der Waals surface area contributed by atoms with Crippen molar-refractivity contribution in [2.45, 2.75) is 32.2 Å². The maximum absolute atomic E-state index is 12.1. The summed E-state index contributed by atoms with van der Waals surface area (Å²) in [5.41, 5.74) is 0.517. The van der Waals surface area contributed by atoms with Crippen LogP contribution in [-0.4, -0.2) is 46.9 Å². The lowest BCUT2D eigenvalue weighted by molar-refractivity contribution is -0.155. The molecule has 1 N–H and O–H groups in total. The van der Waals surface area contributed by atoms with E-state index in [4.69, 9.17) is 5.11 Å². The van der Waals surface area contributed by atoms with Crippen LogP contribution in [0.3, 0.4) is 0 Å². The molecule has 0 aromatic rings. The maximum Gasteiger partial charge on any atom is 0.326 e. The van der Waals surface area contributed by atoms with Gasteiger partial charge >= 0.3 is 11.9 Å². The minimum Gasteiger partial charge on any atom is -0.480 e. The van der Waals surface area contributed by atoms with Crippen molar-refractivity contribution in [2.75, 3.05) is 7.11 Å². The van der Waals surface area contributed by atoms with Crippen LogP contribution in [0.5, 0.6) is 0 Å².